The number of alkyl halides is 2. The van der Waals surface area contributed by atoms with E-state index in [0.717, 1.165) is 46.4 Å². The van der Waals surface area contributed by atoms with E-state index in [1.807, 2.05) is 45.9 Å². The summed E-state index contributed by atoms with van der Waals surface area (Å²) in [4.78, 5) is 19.9. The van der Waals surface area contributed by atoms with Gasteiger partial charge in [0.15, 0.2) is 0 Å². The van der Waals surface area contributed by atoms with Gasteiger partial charge in [-0.2, -0.15) is 0 Å². The van der Waals surface area contributed by atoms with Gasteiger partial charge >= 0.3 is 0 Å². The van der Waals surface area contributed by atoms with Crippen molar-refractivity contribution in [3.8, 4) is 11.1 Å². The summed E-state index contributed by atoms with van der Waals surface area (Å²) in [6.07, 6.45) is 14.3. The highest BCUT2D eigenvalue weighted by atomic mass is 19.3. The van der Waals surface area contributed by atoms with E-state index >= 15 is 0 Å². The van der Waals surface area contributed by atoms with Crippen molar-refractivity contribution in [1.29, 1.82) is 0 Å². The van der Waals surface area contributed by atoms with E-state index in [9.17, 15) is 13.6 Å². The first-order chi connectivity index (χ1) is 21.7. The van der Waals surface area contributed by atoms with Crippen LogP contribution in [0.2, 0.25) is 0 Å². The SMILES string of the molecule is C=C(C)/C=C(\OC)C1(C(C)(F)F)CC1.C=C/C(=C\C)Nc1ncc(-c2ccc(CC(C)=O)c(C)c2)cn1.CC.CCCC(C)CC. The Labute approximate surface area is 278 Å². The molecule has 1 atom stereocenters. The number of hydrogen-bond donors (Lipinski definition) is 1. The minimum atomic E-state index is -2.72. The summed E-state index contributed by atoms with van der Waals surface area (Å²) in [5, 5.41) is 3.08. The van der Waals surface area contributed by atoms with Gasteiger partial charge in [0, 0.05) is 37.0 Å². The maximum absolute atomic E-state index is 13.3. The molecule has 1 aromatic carbocycles. The topological polar surface area (TPSA) is 64.1 Å². The molecule has 3 rings (SSSR count). The first kappa shape index (κ1) is 42.4. The highest BCUT2D eigenvalue weighted by molar-refractivity contribution is 5.79. The van der Waals surface area contributed by atoms with Crippen molar-refractivity contribution in [3.63, 3.8) is 0 Å². The number of carbonyl (C=O) groups excluding carboxylic acids is 1. The van der Waals surface area contributed by atoms with Crippen molar-refractivity contribution < 1.29 is 18.3 Å². The Balaban J connectivity index is 0.000000746. The molecule has 0 amide bonds. The maximum atomic E-state index is 13.3. The van der Waals surface area contributed by atoms with Crippen LogP contribution in [0.15, 0.2) is 79.0 Å². The molecule has 0 saturated heterocycles. The molecule has 1 heterocycles. The Morgan fingerprint density at radius 1 is 1.15 bits per heavy atom. The number of aromatic nitrogens is 2. The fourth-order valence-electron chi connectivity index (χ4n) is 4.59. The number of nitrogens with zero attached hydrogens (tertiary/aromatic N) is 2. The fraction of sp³-hybridized carbons (Fsp3) is 0.513. The number of carbonyl (C=O) groups is 1. The standard InChI is InChI=1S/C19H21N3O.C11H16F2O.C7H16.C2H6/c1-5-18(6-2)22-19-20-11-17(12-21-19)16-8-7-15(10-14(4)23)13(3)9-16;1-8(2)7-9(14-4)11(5-6-11)10(3,12)13;1-4-6-7(3)5-2;1-2/h5-9,11-12H,1,10H2,2-4H3,(H,20,21,22);7H,1,5-6H2,2-4H3;7H,4-6H2,1-3H3;1-2H3/b18-6+;9-7-;;. The molecule has 2 aromatic rings. The number of nitrogens with one attached hydrogen (secondary N) is 1. The van der Waals surface area contributed by atoms with Crippen LogP contribution >= 0.6 is 0 Å². The monoisotopic (exact) mass is 639 g/mol. The van der Waals surface area contributed by atoms with Crippen LogP contribution in [0.3, 0.4) is 0 Å². The molecule has 1 fully saturated rings. The summed E-state index contributed by atoms with van der Waals surface area (Å²) in [6, 6.07) is 6.05. The van der Waals surface area contributed by atoms with Gasteiger partial charge in [0.2, 0.25) is 5.95 Å². The largest absolute Gasteiger partial charge is 0.500 e. The summed E-state index contributed by atoms with van der Waals surface area (Å²) in [6.45, 7) is 26.4. The molecule has 1 aliphatic carbocycles. The molecule has 1 aliphatic rings. The van der Waals surface area contributed by atoms with Gasteiger partial charge in [0.1, 0.15) is 11.5 Å². The van der Waals surface area contributed by atoms with Crippen LogP contribution in [-0.2, 0) is 16.0 Å². The number of benzene rings is 1. The van der Waals surface area contributed by atoms with Crippen LogP contribution in [0, 0.1) is 18.3 Å². The zero-order valence-electron chi connectivity index (χ0n) is 30.3. The number of ketones is 1. The molecule has 1 saturated carbocycles. The third-order valence-corrected chi connectivity index (χ3v) is 7.69. The van der Waals surface area contributed by atoms with E-state index in [4.69, 9.17) is 4.74 Å². The first-order valence-corrected chi connectivity index (χ1v) is 16.4. The minimum absolute atomic E-state index is 0.168. The molecular weight excluding hydrogens is 580 g/mol. The van der Waals surface area contributed by atoms with E-state index in [1.165, 1.54) is 26.4 Å². The summed E-state index contributed by atoms with van der Waals surface area (Å²) in [5.74, 6) is -0.708. The fourth-order valence-corrected chi connectivity index (χ4v) is 4.59. The average molecular weight is 640 g/mol. The smallest absolute Gasteiger partial charge is 0.257 e. The van der Waals surface area contributed by atoms with Gasteiger partial charge in [-0.15, -0.1) is 0 Å². The van der Waals surface area contributed by atoms with Gasteiger partial charge in [0.25, 0.3) is 5.92 Å². The molecule has 1 unspecified atom stereocenters. The molecule has 0 bridgehead atoms. The van der Waals surface area contributed by atoms with E-state index in [0.29, 0.717) is 31.0 Å². The zero-order valence-corrected chi connectivity index (χ0v) is 30.3. The van der Waals surface area contributed by atoms with Gasteiger partial charge in [-0.1, -0.05) is 96.9 Å². The number of anilines is 1. The predicted molar refractivity (Wildman–Crippen MR) is 192 cm³/mol. The zero-order chi connectivity index (χ0) is 35.5. The number of allylic oxidation sites excluding steroid dienone is 5. The molecule has 5 nitrogen and oxygen atoms in total. The number of hydrogen-bond acceptors (Lipinski definition) is 5. The number of methoxy groups -OCH3 is 1. The quantitative estimate of drug-likeness (QED) is 0.174. The molecule has 1 aromatic heterocycles. The Morgan fingerprint density at radius 2 is 1.74 bits per heavy atom. The van der Waals surface area contributed by atoms with E-state index in [-0.39, 0.29) is 5.78 Å². The molecule has 7 heteroatoms. The van der Waals surface area contributed by atoms with E-state index in [1.54, 1.807) is 38.4 Å². The summed E-state index contributed by atoms with van der Waals surface area (Å²) < 4.78 is 31.6. The van der Waals surface area contributed by atoms with Crippen LogP contribution in [0.4, 0.5) is 14.7 Å². The Morgan fingerprint density at radius 3 is 2.09 bits per heavy atom. The second-order valence-electron chi connectivity index (χ2n) is 11.7. The van der Waals surface area contributed by atoms with Gasteiger partial charge < -0.3 is 10.1 Å². The molecule has 0 spiro atoms. The lowest BCUT2D eigenvalue weighted by Crippen LogP contribution is -2.28. The number of ether oxygens (including phenoxy) is 1. The van der Waals surface area contributed by atoms with Gasteiger partial charge in [-0.05, 0) is 75.3 Å². The molecule has 0 radical (unpaired) electrons. The van der Waals surface area contributed by atoms with Crippen molar-refractivity contribution >= 4 is 11.7 Å². The number of rotatable bonds is 13. The van der Waals surface area contributed by atoms with Crippen molar-refractivity contribution in [2.75, 3.05) is 12.4 Å². The van der Waals surface area contributed by atoms with E-state index < -0.39 is 11.3 Å². The Kier molecular flexibility index (Phi) is 19.6. The van der Waals surface area contributed by atoms with Crippen LogP contribution in [0.25, 0.3) is 11.1 Å². The average Bonchev–Trinajstić information content (AvgIpc) is 3.84. The molecule has 256 valence electrons. The van der Waals surface area contributed by atoms with Crippen molar-refractivity contribution in [3.05, 3.63) is 90.1 Å². The number of halogens is 2. The van der Waals surface area contributed by atoms with Crippen LogP contribution < -0.4 is 5.32 Å². The van der Waals surface area contributed by atoms with Crippen LogP contribution in [-0.4, -0.2) is 28.8 Å². The number of Topliss-reactive ketones (excluding diaryl/α,β-unsaturated/α-hetero) is 1. The van der Waals surface area contributed by atoms with Gasteiger partial charge in [-0.3, -0.25) is 4.79 Å². The van der Waals surface area contributed by atoms with Gasteiger partial charge in [0.05, 0.1) is 12.5 Å². The Hall–Kier alpha value is -3.61. The molecule has 0 aliphatic heterocycles. The van der Waals surface area contributed by atoms with Crippen LogP contribution in [0.5, 0.6) is 0 Å². The van der Waals surface area contributed by atoms with Crippen molar-refractivity contribution in [2.24, 2.45) is 11.3 Å². The van der Waals surface area contributed by atoms with E-state index in [2.05, 4.69) is 55.3 Å². The first-order valence-electron chi connectivity index (χ1n) is 16.4. The third kappa shape index (κ3) is 14.2. The highest BCUT2D eigenvalue weighted by Crippen LogP contribution is 2.61. The molecular formula is C39H59F2N3O2. The third-order valence-electron chi connectivity index (χ3n) is 7.69. The second kappa shape index (κ2) is 21.2. The number of aryl methyl sites for hydroxylation is 1. The minimum Gasteiger partial charge on any atom is -0.500 e. The van der Waals surface area contributed by atoms with Crippen molar-refractivity contribution in [1.82, 2.24) is 9.97 Å². The lowest BCUT2D eigenvalue weighted by Gasteiger charge is -2.24. The van der Waals surface area contributed by atoms with Gasteiger partial charge in [-0.25, -0.2) is 18.7 Å². The highest BCUT2D eigenvalue weighted by Gasteiger charge is 2.62. The lowest BCUT2D eigenvalue weighted by molar-refractivity contribution is -0.116. The van der Waals surface area contributed by atoms with Crippen molar-refractivity contribution in [2.45, 2.75) is 114 Å². The second-order valence-corrected chi connectivity index (χ2v) is 11.7. The van der Waals surface area contributed by atoms with Crippen LogP contribution in [0.1, 0.15) is 106 Å². The molecule has 46 heavy (non-hydrogen) atoms. The summed E-state index contributed by atoms with van der Waals surface area (Å²) in [5.41, 5.74) is 4.66. The molecule has 1 N–H and O–H groups in total. The lowest BCUT2D eigenvalue weighted by atomic mass is 9.95. The predicted octanol–water partition coefficient (Wildman–Crippen LogP) is 11.5. The normalized spacial score (nSPS) is 14.1. The Bertz CT molecular complexity index is 1290. The summed E-state index contributed by atoms with van der Waals surface area (Å²) >= 11 is 0. The summed E-state index contributed by atoms with van der Waals surface area (Å²) in [7, 11) is 1.43. The maximum Gasteiger partial charge on any atom is 0.257 e.